The topological polar surface area (TPSA) is 87.5 Å². The fourth-order valence-corrected chi connectivity index (χ4v) is 3.37. The van der Waals surface area contributed by atoms with Crippen molar-refractivity contribution in [1.29, 1.82) is 0 Å². The van der Waals surface area contributed by atoms with Crippen molar-refractivity contribution in [2.24, 2.45) is 0 Å². The van der Waals surface area contributed by atoms with Crippen LogP contribution in [0.15, 0.2) is 36.4 Å². The molecule has 0 spiro atoms. The number of aryl methyl sites for hydroxylation is 1. The molecular weight excluding hydrogens is 332 g/mol. The van der Waals surface area contributed by atoms with Gasteiger partial charge in [-0.1, -0.05) is 25.1 Å². The van der Waals surface area contributed by atoms with Gasteiger partial charge in [0.1, 0.15) is 5.69 Å². The van der Waals surface area contributed by atoms with Crippen molar-refractivity contribution in [2.75, 3.05) is 35.7 Å². The zero-order valence-electron chi connectivity index (χ0n) is 14.9. The SMILES string of the molecule is CCc1ccccc1NC(=O)CN(C)c1c([N+](=O)[O-])ccc2c1CCN2. The highest BCUT2D eigenvalue weighted by atomic mass is 16.6. The van der Waals surface area contributed by atoms with Crippen LogP contribution >= 0.6 is 0 Å². The van der Waals surface area contributed by atoms with Crippen molar-refractivity contribution >= 4 is 28.7 Å². The van der Waals surface area contributed by atoms with Crippen LogP contribution in [0.4, 0.5) is 22.7 Å². The molecule has 136 valence electrons. The van der Waals surface area contributed by atoms with Crippen molar-refractivity contribution in [2.45, 2.75) is 19.8 Å². The minimum atomic E-state index is -0.394. The standard InChI is InChI=1S/C19H22N4O3/c1-3-13-6-4-5-7-15(13)21-18(24)12-22(2)19-14-10-11-20-16(14)8-9-17(19)23(25)26/h4-9,20H,3,10-12H2,1-2H3,(H,21,24). The van der Waals surface area contributed by atoms with Crippen LogP contribution in [0.1, 0.15) is 18.1 Å². The maximum Gasteiger partial charge on any atom is 0.292 e. The van der Waals surface area contributed by atoms with E-state index in [-0.39, 0.29) is 18.1 Å². The van der Waals surface area contributed by atoms with Crippen molar-refractivity contribution in [3.05, 3.63) is 57.6 Å². The Bertz CT molecular complexity index is 851. The summed E-state index contributed by atoms with van der Waals surface area (Å²) in [5, 5.41) is 17.6. The molecule has 7 nitrogen and oxygen atoms in total. The fourth-order valence-electron chi connectivity index (χ4n) is 3.37. The lowest BCUT2D eigenvalue weighted by Gasteiger charge is -2.21. The first-order valence-corrected chi connectivity index (χ1v) is 8.64. The number of carbonyl (C=O) groups excluding carboxylic acids is 1. The lowest BCUT2D eigenvalue weighted by Crippen LogP contribution is -2.31. The Kier molecular flexibility index (Phi) is 5.06. The first kappa shape index (κ1) is 17.7. The third-order valence-corrected chi connectivity index (χ3v) is 4.58. The molecular formula is C19H22N4O3. The molecule has 26 heavy (non-hydrogen) atoms. The maximum atomic E-state index is 12.5. The number of nitrogens with one attached hydrogen (secondary N) is 2. The molecule has 2 N–H and O–H groups in total. The summed E-state index contributed by atoms with van der Waals surface area (Å²) in [4.78, 5) is 25.2. The van der Waals surface area contributed by atoms with Crippen LogP contribution in [0.3, 0.4) is 0 Å². The number of likely N-dealkylation sites (N-methyl/N-ethyl adjacent to an activating group) is 1. The molecule has 7 heteroatoms. The average Bonchev–Trinajstić information content (AvgIpc) is 3.09. The quantitative estimate of drug-likeness (QED) is 0.614. The van der Waals surface area contributed by atoms with Crippen molar-refractivity contribution < 1.29 is 9.72 Å². The number of nitro benzene ring substituents is 1. The van der Waals surface area contributed by atoms with Crippen molar-refractivity contribution in [3.63, 3.8) is 0 Å². The van der Waals surface area contributed by atoms with E-state index < -0.39 is 4.92 Å². The second kappa shape index (κ2) is 7.43. The van der Waals surface area contributed by atoms with Crippen LogP contribution in [0.2, 0.25) is 0 Å². The zero-order valence-corrected chi connectivity index (χ0v) is 14.9. The Hall–Kier alpha value is -3.09. The molecule has 1 aliphatic heterocycles. The van der Waals surface area contributed by atoms with Crippen LogP contribution < -0.4 is 15.5 Å². The molecule has 0 aromatic heterocycles. The Morgan fingerprint density at radius 3 is 2.81 bits per heavy atom. The Labute approximate surface area is 152 Å². The lowest BCUT2D eigenvalue weighted by atomic mass is 10.1. The van der Waals surface area contributed by atoms with E-state index in [9.17, 15) is 14.9 Å². The summed E-state index contributed by atoms with van der Waals surface area (Å²) in [6.07, 6.45) is 1.52. The molecule has 1 amide bonds. The van der Waals surface area contributed by atoms with Gasteiger partial charge in [-0.15, -0.1) is 0 Å². The Balaban J connectivity index is 1.82. The summed E-state index contributed by atoms with van der Waals surface area (Å²) in [6.45, 7) is 2.81. The average molecular weight is 354 g/mol. The van der Waals surface area contributed by atoms with Gasteiger partial charge in [0.15, 0.2) is 0 Å². The lowest BCUT2D eigenvalue weighted by molar-refractivity contribution is -0.384. The van der Waals surface area contributed by atoms with E-state index in [4.69, 9.17) is 0 Å². The predicted molar refractivity (Wildman–Crippen MR) is 103 cm³/mol. The molecule has 0 saturated heterocycles. The van der Waals surface area contributed by atoms with Gasteiger partial charge in [0.05, 0.1) is 11.5 Å². The molecule has 2 aromatic rings. The highest BCUT2D eigenvalue weighted by Gasteiger charge is 2.27. The number of fused-ring (bicyclic) bond motifs is 1. The normalized spacial score (nSPS) is 12.2. The van der Waals surface area contributed by atoms with Gasteiger partial charge in [-0.05, 0) is 30.5 Å². The molecule has 0 fully saturated rings. The maximum absolute atomic E-state index is 12.5. The molecule has 3 rings (SSSR count). The number of anilines is 3. The van der Waals surface area contributed by atoms with Gasteiger partial charge in [-0.25, -0.2) is 0 Å². The molecule has 0 aliphatic carbocycles. The van der Waals surface area contributed by atoms with E-state index in [1.54, 1.807) is 18.0 Å². The van der Waals surface area contributed by atoms with Gasteiger partial charge < -0.3 is 15.5 Å². The smallest absolute Gasteiger partial charge is 0.292 e. The van der Waals surface area contributed by atoms with E-state index in [0.717, 1.165) is 35.5 Å². The summed E-state index contributed by atoms with van der Waals surface area (Å²) in [5.41, 5.74) is 4.16. The fraction of sp³-hybridized carbons (Fsp3) is 0.316. The molecule has 2 aromatic carbocycles. The van der Waals surface area contributed by atoms with Crippen LogP contribution in [-0.2, 0) is 17.6 Å². The molecule has 0 radical (unpaired) electrons. The second-order valence-corrected chi connectivity index (χ2v) is 6.31. The second-order valence-electron chi connectivity index (χ2n) is 6.31. The first-order chi connectivity index (χ1) is 12.5. The Morgan fingerprint density at radius 2 is 2.08 bits per heavy atom. The number of benzene rings is 2. The number of rotatable bonds is 6. The minimum Gasteiger partial charge on any atom is -0.384 e. The summed E-state index contributed by atoms with van der Waals surface area (Å²) >= 11 is 0. The number of amides is 1. The summed E-state index contributed by atoms with van der Waals surface area (Å²) in [7, 11) is 1.71. The van der Waals surface area contributed by atoms with Crippen LogP contribution in [-0.4, -0.2) is 31.0 Å². The van der Waals surface area contributed by atoms with Crippen molar-refractivity contribution in [3.8, 4) is 0 Å². The van der Waals surface area contributed by atoms with Gasteiger partial charge >= 0.3 is 0 Å². The van der Waals surface area contributed by atoms with E-state index in [2.05, 4.69) is 10.6 Å². The molecule has 1 heterocycles. The third kappa shape index (κ3) is 3.46. The first-order valence-electron chi connectivity index (χ1n) is 8.64. The number of nitrogens with zero attached hydrogens (tertiary/aromatic N) is 2. The highest BCUT2D eigenvalue weighted by Crippen LogP contribution is 2.38. The molecule has 0 saturated carbocycles. The van der Waals surface area contributed by atoms with E-state index in [1.165, 1.54) is 6.07 Å². The zero-order chi connectivity index (χ0) is 18.7. The van der Waals surface area contributed by atoms with E-state index in [1.807, 2.05) is 31.2 Å². The predicted octanol–water partition coefficient (Wildman–Crippen LogP) is 3.20. The number of nitro groups is 1. The number of hydrogen-bond acceptors (Lipinski definition) is 5. The van der Waals surface area contributed by atoms with E-state index in [0.29, 0.717) is 12.1 Å². The van der Waals surface area contributed by atoms with Gasteiger partial charge in [0.2, 0.25) is 5.91 Å². The van der Waals surface area contributed by atoms with Gasteiger partial charge in [0.25, 0.3) is 5.69 Å². The van der Waals surface area contributed by atoms with Crippen molar-refractivity contribution in [1.82, 2.24) is 0 Å². The van der Waals surface area contributed by atoms with Crippen LogP contribution in [0, 0.1) is 10.1 Å². The minimum absolute atomic E-state index is 0.0247. The molecule has 0 atom stereocenters. The highest BCUT2D eigenvalue weighted by molar-refractivity contribution is 5.95. The summed E-state index contributed by atoms with van der Waals surface area (Å²) < 4.78 is 0. The summed E-state index contributed by atoms with van der Waals surface area (Å²) in [6, 6.07) is 10.9. The number of hydrogen-bond donors (Lipinski definition) is 2. The molecule has 0 unspecified atom stereocenters. The molecule has 1 aliphatic rings. The van der Waals surface area contributed by atoms with E-state index >= 15 is 0 Å². The van der Waals surface area contributed by atoms with Crippen LogP contribution in [0.25, 0.3) is 0 Å². The third-order valence-electron chi connectivity index (χ3n) is 4.58. The van der Waals surface area contributed by atoms with Gasteiger partial charge in [-0.3, -0.25) is 14.9 Å². The Morgan fingerprint density at radius 1 is 1.31 bits per heavy atom. The monoisotopic (exact) mass is 354 g/mol. The summed E-state index contributed by atoms with van der Waals surface area (Å²) in [5.74, 6) is -0.203. The van der Waals surface area contributed by atoms with Gasteiger partial charge in [-0.2, -0.15) is 0 Å². The van der Waals surface area contributed by atoms with Crippen LogP contribution in [0.5, 0.6) is 0 Å². The largest absolute Gasteiger partial charge is 0.384 e. The number of para-hydroxylation sites is 1. The molecule has 0 bridgehead atoms. The van der Waals surface area contributed by atoms with Gasteiger partial charge in [0, 0.05) is 36.6 Å². The number of carbonyl (C=O) groups is 1.